The number of anilines is 1. The first-order valence-electron chi connectivity index (χ1n) is 10.7. The summed E-state index contributed by atoms with van der Waals surface area (Å²) in [6, 6.07) is 17.5. The standard InChI is InChI=1S/C26H27N3O2S/c1-26(2,3)20-12-9-18(10-13-20)11-14-23(30)28-25-27-21-15-16-29(17-22(21)32-25)24(31)19-7-5-4-6-8-19/h4-14H,15-17H2,1-3H3,(H,27,28,30)/b14-11+. The van der Waals surface area contributed by atoms with Gasteiger partial charge in [0.15, 0.2) is 5.13 Å². The van der Waals surface area contributed by atoms with Gasteiger partial charge >= 0.3 is 0 Å². The van der Waals surface area contributed by atoms with E-state index in [9.17, 15) is 9.59 Å². The molecule has 2 heterocycles. The number of aromatic nitrogens is 1. The zero-order valence-electron chi connectivity index (χ0n) is 18.6. The fraction of sp³-hybridized carbons (Fsp3) is 0.269. The van der Waals surface area contributed by atoms with Crippen molar-refractivity contribution in [1.82, 2.24) is 9.88 Å². The van der Waals surface area contributed by atoms with Gasteiger partial charge in [0.1, 0.15) is 0 Å². The van der Waals surface area contributed by atoms with Gasteiger partial charge in [-0.2, -0.15) is 0 Å². The number of hydrogen-bond acceptors (Lipinski definition) is 4. The van der Waals surface area contributed by atoms with Crippen LogP contribution < -0.4 is 5.32 Å². The summed E-state index contributed by atoms with van der Waals surface area (Å²) < 4.78 is 0. The van der Waals surface area contributed by atoms with Crippen LogP contribution in [-0.4, -0.2) is 28.2 Å². The monoisotopic (exact) mass is 445 g/mol. The number of hydrogen-bond donors (Lipinski definition) is 1. The minimum atomic E-state index is -0.215. The Morgan fingerprint density at radius 2 is 1.78 bits per heavy atom. The lowest BCUT2D eigenvalue weighted by Crippen LogP contribution is -2.35. The van der Waals surface area contributed by atoms with E-state index in [4.69, 9.17) is 0 Å². The molecular formula is C26H27N3O2S. The second-order valence-electron chi connectivity index (χ2n) is 8.93. The van der Waals surface area contributed by atoms with Gasteiger partial charge in [-0.25, -0.2) is 4.98 Å². The summed E-state index contributed by atoms with van der Waals surface area (Å²) in [5.41, 5.74) is 3.98. The highest BCUT2D eigenvalue weighted by molar-refractivity contribution is 7.15. The van der Waals surface area contributed by atoms with Crippen LogP contribution in [-0.2, 0) is 23.2 Å². The average molecular weight is 446 g/mol. The molecule has 1 aliphatic heterocycles. The van der Waals surface area contributed by atoms with E-state index >= 15 is 0 Å². The molecule has 0 unspecified atom stereocenters. The summed E-state index contributed by atoms with van der Waals surface area (Å²) in [4.78, 5) is 32.5. The smallest absolute Gasteiger partial charge is 0.254 e. The highest BCUT2D eigenvalue weighted by Crippen LogP contribution is 2.29. The molecule has 0 fully saturated rings. The molecule has 3 aromatic rings. The molecule has 0 bridgehead atoms. The van der Waals surface area contributed by atoms with E-state index in [0.29, 0.717) is 30.2 Å². The SMILES string of the molecule is CC(C)(C)c1ccc(/C=C/C(=O)Nc2nc3c(s2)CN(C(=O)c2ccccc2)CC3)cc1. The molecule has 2 amide bonds. The maximum atomic E-state index is 12.7. The number of thiazole rings is 1. The van der Waals surface area contributed by atoms with Crippen molar-refractivity contribution in [2.45, 2.75) is 39.2 Å². The van der Waals surface area contributed by atoms with E-state index in [1.165, 1.54) is 23.0 Å². The molecule has 1 aromatic heterocycles. The Morgan fingerprint density at radius 1 is 1.06 bits per heavy atom. The van der Waals surface area contributed by atoms with Gasteiger partial charge in [0.05, 0.1) is 12.2 Å². The number of rotatable bonds is 4. The van der Waals surface area contributed by atoms with Crippen LogP contribution in [0.2, 0.25) is 0 Å². The molecule has 0 spiro atoms. The van der Waals surface area contributed by atoms with Gasteiger partial charge in [0.25, 0.3) is 5.91 Å². The fourth-order valence-corrected chi connectivity index (χ4v) is 4.63. The molecule has 6 heteroatoms. The van der Waals surface area contributed by atoms with Gasteiger partial charge in [-0.3, -0.25) is 14.9 Å². The van der Waals surface area contributed by atoms with Crippen LogP contribution in [0.5, 0.6) is 0 Å². The molecule has 5 nitrogen and oxygen atoms in total. The fourth-order valence-electron chi connectivity index (χ4n) is 3.60. The number of fused-ring (bicyclic) bond motifs is 1. The van der Waals surface area contributed by atoms with Crippen molar-refractivity contribution >= 4 is 34.4 Å². The van der Waals surface area contributed by atoms with E-state index in [2.05, 4.69) is 43.2 Å². The summed E-state index contributed by atoms with van der Waals surface area (Å²) >= 11 is 1.44. The summed E-state index contributed by atoms with van der Waals surface area (Å²) in [6.45, 7) is 7.68. The number of amides is 2. The van der Waals surface area contributed by atoms with Crippen molar-refractivity contribution in [1.29, 1.82) is 0 Å². The average Bonchev–Trinajstić information content (AvgIpc) is 3.18. The number of nitrogens with zero attached hydrogens (tertiary/aromatic N) is 2. The molecule has 0 aliphatic carbocycles. The quantitative estimate of drug-likeness (QED) is 0.555. The second-order valence-corrected chi connectivity index (χ2v) is 10.0. The van der Waals surface area contributed by atoms with Gasteiger partial charge in [0, 0.05) is 29.5 Å². The number of benzene rings is 2. The number of carbonyl (C=O) groups excluding carboxylic acids is 2. The summed E-state index contributed by atoms with van der Waals surface area (Å²) in [7, 11) is 0. The van der Waals surface area contributed by atoms with E-state index < -0.39 is 0 Å². The number of carbonyl (C=O) groups is 2. The van der Waals surface area contributed by atoms with E-state index in [0.717, 1.165) is 16.1 Å². The van der Waals surface area contributed by atoms with Gasteiger partial charge in [-0.1, -0.05) is 74.6 Å². The highest BCUT2D eigenvalue weighted by atomic mass is 32.1. The maximum absolute atomic E-state index is 12.7. The normalized spacial score (nSPS) is 13.8. The van der Waals surface area contributed by atoms with E-state index in [1.807, 2.05) is 47.4 Å². The Labute approximate surface area is 192 Å². The Kier molecular flexibility index (Phi) is 6.24. The summed E-state index contributed by atoms with van der Waals surface area (Å²) in [5, 5.41) is 3.43. The Balaban J connectivity index is 1.37. The largest absolute Gasteiger partial charge is 0.333 e. The van der Waals surface area contributed by atoms with Crippen molar-refractivity contribution < 1.29 is 9.59 Å². The lowest BCUT2D eigenvalue weighted by molar-refractivity contribution is -0.111. The third kappa shape index (κ3) is 5.14. The summed E-state index contributed by atoms with van der Waals surface area (Å²) in [5.74, 6) is -0.191. The molecule has 1 N–H and O–H groups in total. The van der Waals surface area contributed by atoms with Gasteiger partial charge < -0.3 is 4.90 Å². The topological polar surface area (TPSA) is 62.3 Å². The lowest BCUT2D eigenvalue weighted by Gasteiger charge is -2.26. The molecule has 0 saturated heterocycles. The first-order chi connectivity index (χ1) is 15.3. The number of nitrogens with one attached hydrogen (secondary N) is 1. The van der Waals surface area contributed by atoms with Gasteiger partial charge in [0.2, 0.25) is 5.91 Å². The molecular weight excluding hydrogens is 418 g/mol. The highest BCUT2D eigenvalue weighted by Gasteiger charge is 2.25. The molecule has 32 heavy (non-hydrogen) atoms. The van der Waals surface area contributed by atoms with Crippen LogP contribution in [0.1, 0.15) is 52.8 Å². The maximum Gasteiger partial charge on any atom is 0.254 e. The lowest BCUT2D eigenvalue weighted by atomic mass is 9.87. The van der Waals surface area contributed by atoms with Crippen LogP contribution in [0.4, 0.5) is 5.13 Å². The molecule has 0 radical (unpaired) electrons. The second kappa shape index (κ2) is 9.09. The predicted octanol–water partition coefficient (Wildman–Crippen LogP) is 5.29. The van der Waals surface area contributed by atoms with Crippen molar-refractivity contribution in [2.24, 2.45) is 0 Å². The first kappa shape index (κ1) is 22.0. The third-order valence-electron chi connectivity index (χ3n) is 5.47. The first-order valence-corrected chi connectivity index (χ1v) is 11.5. The minimum Gasteiger partial charge on any atom is -0.333 e. The summed E-state index contributed by atoms with van der Waals surface area (Å²) in [6.07, 6.45) is 4.02. The Hall–Kier alpha value is -3.25. The Bertz CT molecular complexity index is 1140. The van der Waals surface area contributed by atoms with Crippen molar-refractivity contribution in [3.8, 4) is 0 Å². The van der Waals surface area contributed by atoms with Crippen molar-refractivity contribution in [2.75, 3.05) is 11.9 Å². The van der Waals surface area contributed by atoms with Crippen LogP contribution in [0.15, 0.2) is 60.7 Å². The van der Waals surface area contributed by atoms with Crippen LogP contribution in [0, 0.1) is 0 Å². The molecule has 1 aliphatic rings. The molecule has 0 atom stereocenters. The zero-order valence-corrected chi connectivity index (χ0v) is 19.4. The van der Waals surface area contributed by atoms with Crippen LogP contribution in [0.3, 0.4) is 0 Å². The van der Waals surface area contributed by atoms with Gasteiger partial charge in [-0.05, 0) is 34.8 Å². The molecule has 164 valence electrons. The molecule has 4 rings (SSSR count). The molecule has 0 saturated carbocycles. The van der Waals surface area contributed by atoms with Crippen LogP contribution >= 0.6 is 11.3 Å². The Morgan fingerprint density at radius 3 is 2.47 bits per heavy atom. The van der Waals surface area contributed by atoms with E-state index in [-0.39, 0.29) is 17.2 Å². The van der Waals surface area contributed by atoms with Crippen molar-refractivity contribution in [3.05, 3.63) is 87.9 Å². The minimum absolute atomic E-state index is 0.0237. The third-order valence-corrected chi connectivity index (χ3v) is 6.47. The van der Waals surface area contributed by atoms with E-state index in [1.54, 1.807) is 6.08 Å². The van der Waals surface area contributed by atoms with Crippen LogP contribution in [0.25, 0.3) is 6.08 Å². The zero-order chi connectivity index (χ0) is 22.7. The molecule has 2 aromatic carbocycles. The van der Waals surface area contributed by atoms with Gasteiger partial charge in [-0.15, -0.1) is 0 Å². The van der Waals surface area contributed by atoms with Crippen molar-refractivity contribution in [3.63, 3.8) is 0 Å². The predicted molar refractivity (Wildman–Crippen MR) is 130 cm³/mol.